The number of hydrogen-bond acceptors (Lipinski definition) is 6. The van der Waals surface area contributed by atoms with Crippen LogP contribution in [0, 0.1) is 0 Å². The summed E-state index contributed by atoms with van der Waals surface area (Å²) in [5, 5.41) is 17.9. The molecule has 0 bridgehead atoms. The van der Waals surface area contributed by atoms with Crippen LogP contribution in [0.15, 0.2) is 82.8 Å². The van der Waals surface area contributed by atoms with Crippen LogP contribution in [0.3, 0.4) is 0 Å². The number of aromatic amines is 1. The second-order valence-corrected chi connectivity index (χ2v) is 11.2. The zero-order chi connectivity index (χ0) is 26.2. The Morgan fingerprint density at radius 3 is 2.35 bits per heavy atom. The third-order valence-electron chi connectivity index (χ3n) is 5.36. The van der Waals surface area contributed by atoms with E-state index in [-0.39, 0.29) is 26.4 Å². The average Bonchev–Trinajstić information content (AvgIpc) is 3.49. The molecule has 0 atom stereocenters. The Hall–Kier alpha value is -3.35. The van der Waals surface area contributed by atoms with Gasteiger partial charge < -0.3 is 10.3 Å². The zero-order valence-electron chi connectivity index (χ0n) is 18.9. The third kappa shape index (κ3) is 5.36. The molecule has 0 saturated carbocycles. The van der Waals surface area contributed by atoms with E-state index >= 15 is 0 Å². The second-order valence-electron chi connectivity index (χ2n) is 7.89. The highest BCUT2D eigenvalue weighted by Gasteiger charge is 2.20. The largest absolute Gasteiger partial charge is 0.352 e. The van der Waals surface area contributed by atoms with Crippen molar-refractivity contribution in [2.75, 3.05) is 11.1 Å². The topological polar surface area (TPSA) is 136 Å². The number of primary sulfonamides is 1. The Kier molecular flexibility index (Phi) is 6.97. The summed E-state index contributed by atoms with van der Waals surface area (Å²) in [5.41, 5.74) is 2.66. The van der Waals surface area contributed by atoms with Crippen molar-refractivity contribution in [1.29, 1.82) is 0 Å². The summed E-state index contributed by atoms with van der Waals surface area (Å²) in [6, 6.07) is 21.7. The first kappa shape index (κ1) is 25.3. The molecule has 0 aliphatic carbocycles. The number of rotatable bonds is 7. The minimum atomic E-state index is -4.01. The standard InChI is InChI=1S/C24H18Cl2N6O3S2/c25-17-11-16(37(27,34)35)12-18(26)22(17)29-21(33)13-36-24-31-30-23(32(24)15-7-2-1-3-8-15)20-10-14-6-4-5-9-19(14)28-20/h1-12,28H,13H2,(H,29,33)(H2,27,34,35). The Morgan fingerprint density at radius 2 is 1.68 bits per heavy atom. The number of H-pyrrole nitrogens is 1. The molecule has 2 aromatic heterocycles. The number of nitrogens with one attached hydrogen (secondary N) is 2. The Balaban J connectivity index is 1.41. The molecule has 0 unspecified atom stereocenters. The van der Waals surface area contributed by atoms with Gasteiger partial charge in [0.1, 0.15) is 0 Å². The van der Waals surface area contributed by atoms with Gasteiger partial charge in [-0.1, -0.05) is 71.4 Å². The Bertz CT molecular complexity index is 1680. The van der Waals surface area contributed by atoms with Crippen LogP contribution in [0.2, 0.25) is 10.0 Å². The van der Waals surface area contributed by atoms with E-state index in [0.29, 0.717) is 11.0 Å². The molecule has 9 nitrogen and oxygen atoms in total. The van der Waals surface area contributed by atoms with Crippen molar-refractivity contribution in [3.8, 4) is 17.2 Å². The molecule has 0 fully saturated rings. The van der Waals surface area contributed by atoms with Crippen molar-refractivity contribution >= 4 is 67.5 Å². The highest BCUT2D eigenvalue weighted by molar-refractivity contribution is 7.99. The lowest BCUT2D eigenvalue weighted by Crippen LogP contribution is -2.16. The van der Waals surface area contributed by atoms with Gasteiger partial charge >= 0.3 is 0 Å². The molecule has 2 heterocycles. The highest BCUT2D eigenvalue weighted by atomic mass is 35.5. The number of amides is 1. The fourth-order valence-electron chi connectivity index (χ4n) is 3.68. The molecule has 188 valence electrons. The molecule has 5 aromatic rings. The first-order valence-corrected chi connectivity index (χ1v) is 14.0. The van der Waals surface area contributed by atoms with Gasteiger partial charge in [-0.3, -0.25) is 9.36 Å². The highest BCUT2D eigenvalue weighted by Crippen LogP contribution is 2.34. The minimum Gasteiger partial charge on any atom is -0.352 e. The normalized spacial score (nSPS) is 11.6. The van der Waals surface area contributed by atoms with E-state index in [1.807, 2.05) is 65.2 Å². The number of halogens is 2. The van der Waals surface area contributed by atoms with Crippen LogP contribution >= 0.6 is 35.0 Å². The number of anilines is 1. The predicted octanol–water partition coefficient (Wildman–Crippen LogP) is 5.10. The van der Waals surface area contributed by atoms with Crippen LogP contribution in [-0.2, 0) is 14.8 Å². The number of carbonyl (C=O) groups is 1. The summed E-state index contributed by atoms with van der Waals surface area (Å²) < 4.78 is 25.0. The molecule has 4 N–H and O–H groups in total. The summed E-state index contributed by atoms with van der Waals surface area (Å²) in [7, 11) is -4.01. The SMILES string of the molecule is NS(=O)(=O)c1cc(Cl)c(NC(=O)CSc2nnc(-c3cc4ccccc4[nH]3)n2-c2ccccc2)c(Cl)c1. The maximum atomic E-state index is 12.8. The van der Waals surface area contributed by atoms with Crippen molar-refractivity contribution in [2.45, 2.75) is 10.1 Å². The summed E-state index contributed by atoms with van der Waals surface area (Å²) in [6.07, 6.45) is 0. The number of carbonyl (C=O) groups excluding carboxylic acids is 1. The fraction of sp³-hybridized carbons (Fsp3) is 0.0417. The maximum Gasteiger partial charge on any atom is 0.238 e. The van der Waals surface area contributed by atoms with E-state index in [1.165, 1.54) is 11.8 Å². The van der Waals surface area contributed by atoms with Crippen LogP contribution in [-0.4, -0.2) is 39.8 Å². The number of nitrogens with zero attached hydrogens (tertiary/aromatic N) is 3. The molecular formula is C24H18Cl2N6O3S2. The number of hydrogen-bond donors (Lipinski definition) is 3. The number of aromatic nitrogens is 4. The number of sulfonamides is 1. The maximum absolute atomic E-state index is 12.8. The first-order chi connectivity index (χ1) is 17.7. The molecule has 0 saturated heterocycles. The predicted molar refractivity (Wildman–Crippen MR) is 146 cm³/mol. The van der Waals surface area contributed by atoms with Crippen LogP contribution < -0.4 is 10.5 Å². The van der Waals surface area contributed by atoms with Gasteiger partial charge in [-0.25, -0.2) is 13.6 Å². The lowest BCUT2D eigenvalue weighted by atomic mass is 10.2. The van der Waals surface area contributed by atoms with Crippen LogP contribution in [0.25, 0.3) is 28.1 Å². The third-order valence-corrected chi connectivity index (χ3v) is 7.78. The molecule has 1 amide bonds. The number of para-hydroxylation sites is 2. The lowest BCUT2D eigenvalue weighted by Gasteiger charge is -2.12. The molecule has 0 aliphatic heterocycles. The summed E-state index contributed by atoms with van der Waals surface area (Å²) in [6.45, 7) is 0. The van der Waals surface area contributed by atoms with Gasteiger partial charge in [0.25, 0.3) is 0 Å². The summed E-state index contributed by atoms with van der Waals surface area (Å²) >= 11 is 13.5. The van der Waals surface area contributed by atoms with Gasteiger partial charge in [0, 0.05) is 16.6 Å². The zero-order valence-corrected chi connectivity index (χ0v) is 22.0. The van der Waals surface area contributed by atoms with Crippen molar-refractivity contribution in [1.82, 2.24) is 19.7 Å². The molecule has 13 heteroatoms. The van der Waals surface area contributed by atoms with Gasteiger partial charge in [-0.2, -0.15) is 0 Å². The van der Waals surface area contributed by atoms with Gasteiger partial charge in [0.15, 0.2) is 11.0 Å². The summed E-state index contributed by atoms with van der Waals surface area (Å²) in [5.74, 6) is 0.128. The average molecular weight is 573 g/mol. The van der Waals surface area contributed by atoms with Crippen LogP contribution in [0.5, 0.6) is 0 Å². The Labute approximate surface area is 226 Å². The smallest absolute Gasteiger partial charge is 0.238 e. The van der Waals surface area contributed by atoms with E-state index in [4.69, 9.17) is 28.3 Å². The number of fused-ring (bicyclic) bond motifs is 1. The van der Waals surface area contributed by atoms with Crippen LogP contribution in [0.4, 0.5) is 5.69 Å². The molecule has 37 heavy (non-hydrogen) atoms. The fourth-order valence-corrected chi connectivity index (χ4v) is 5.71. The van der Waals surface area contributed by atoms with Crippen LogP contribution in [0.1, 0.15) is 0 Å². The molecular weight excluding hydrogens is 555 g/mol. The van der Waals surface area contributed by atoms with Crippen molar-refractivity contribution in [3.63, 3.8) is 0 Å². The van der Waals surface area contributed by atoms with Gasteiger partial charge in [0.2, 0.25) is 15.9 Å². The van der Waals surface area contributed by atoms with Crippen molar-refractivity contribution < 1.29 is 13.2 Å². The summed E-state index contributed by atoms with van der Waals surface area (Å²) in [4.78, 5) is 15.9. The van der Waals surface area contributed by atoms with E-state index < -0.39 is 15.9 Å². The quantitative estimate of drug-likeness (QED) is 0.232. The number of benzene rings is 3. The van der Waals surface area contributed by atoms with Gasteiger partial charge in [0.05, 0.1) is 32.1 Å². The number of nitrogens with two attached hydrogens (primary N) is 1. The lowest BCUT2D eigenvalue weighted by molar-refractivity contribution is -0.113. The van der Waals surface area contributed by atoms with Crippen molar-refractivity contribution in [2.24, 2.45) is 5.14 Å². The van der Waals surface area contributed by atoms with Gasteiger partial charge in [-0.05, 0) is 36.4 Å². The molecule has 0 spiro atoms. The molecule has 5 rings (SSSR count). The Morgan fingerprint density at radius 1 is 1.00 bits per heavy atom. The van der Waals surface area contributed by atoms with E-state index in [1.54, 1.807) is 0 Å². The minimum absolute atomic E-state index is 0.0404. The first-order valence-electron chi connectivity index (χ1n) is 10.7. The molecule has 3 aromatic carbocycles. The molecule has 0 radical (unpaired) electrons. The monoisotopic (exact) mass is 572 g/mol. The van der Waals surface area contributed by atoms with Crippen molar-refractivity contribution in [3.05, 3.63) is 82.8 Å². The van der Waals surface area contributed by atoms with E-state index in [0.717, 1.165) is 34.4 Å². The van der Waals surface area contributed by atoms with E-state index in [9.17, 15) is 13.2 Å². The molecule has 0 aliphatic rings. The number of thioether (sulfide) groups is 1. The second kappa shape index (κ2) is 10.2. The van der Waals surface area contributed by atoms with Gasteiger partial charge in [-0.15, -0.1) is 10.2 Å². The van der Waals surface area contributed by atoms with E-state index in [2.05, 4.69) is 20.5 Å².